The number of nitrogens with zero attached hydrogens (tertiary/aromatic N) is 2. The Morgan fingerprint density at radius 1 is 1.19 bits per heavy atom. The molecule has 4 nitrogen and oxygen atoms in total. The molecule has 0 N–H and O–H groups in total. The third-order valence-corrected chi connectivity index (χ3v) is 5.21. The summed E-state index contributed by atoms with van der Waals surface area (Å²) in [4.78, 5) is 0. The Labute approximate surface area is 104 Å². The van der Waals surface area contributed by atoms with Gasteiger partial charge in [-0.05, 0) is 12.8 Å². The molecular weight excluding hydrogens is 248 g/mol. The fourth-order valence-corrected chi connectivity index (χ4v) is 3.76. The number of hydrogen-bond donors (Lipinski definition) is 0. The smallest absolute Gasteiger partial charge is 0.195 e. The van der Waals surface area contributed by atoms with Crippen LogP contribution in [0, 0.1) is 0 Å². The molecule has 0 bridgehead atoms. The van der Waals surface area contributed by atoms with Crippen molar-refractivity contribution in [2.75, 3.05) is 26.5 Å². The molecule has 6 heteroatoms. The average molecular weight is 269 g/mol. The molecule has 1 saturated carbocycles. The van der Waals surface area contributed by atoms with Gasteiger partial charge in [-0.2, -0.15) is 17.0 Å². The lowest BCUT2D eigenvalue weighted by Crippen LogP contribution is -2.47. The van der Waals surface area contributed by atoms with Crippen molar-refractivity contribution >= 4 is 21.8 Å². The summed E-state index contributed by atoms with van der Waals surface area (Å²) in [5, 5.41) is 0. The van der Waals surface area contributed by atoms with Crippen LogP contribution < -0.4 is 0 Å². The second-order valence-electron chi connectivity index (χ2n) is 4.38. The van der Waals surface area contributed by atoms with Gasteiger partial charge >= 0.3 is 0 Å². The normalized spacial score (nSPS) is 19.6. The predicted molar refractivity (Wildman–Crippen MR) is 66.9 cm³/mol. The van der Waals surface area contributed by atoms with Crippen molar-refractivity contribution in [3.05, 3.63) is 0 Å². The predicted octanol–water partition coefficient (Wildman–Crippen LogP) is 1.67. The Morgan fingerprint density at radius 3 is 2.19 bits per heavy atom. The third-order valence-electron chi connectivity index (χ3n) is 3.04. The van der Waals surface area contributed by atoms with Gasteiger partial charge in [-0.1, -0.05) is 19.3 Å². The lowest BCUT2D eigenvalue weighted by atomic mass is 9.95. The zero-order valence-corrected chi connectivity index (χ0v) is 11.6. The first-order valence-corrected chi connectivity index (χ1v) is 7.68. The third kappa shape index (κ3) is 3.32. The van der Waals surface area contributed by atoms with Gasteiger partial charge in [0.05, 0.1) is 0 Å². The van der Waals surface area contributed by atoms with Gasteiger partial charge in [0.25, 0.3) is 10.2 Å². The lowest BCUT2D eigenvalue weighted by molar-refractivity contribution is 0.250. The van der Waals surface area contributed by atoms with E-state index in [4.69, 9.17) is 11.6 Å². The van der Waals surface area contributed by atoms with Crippen molar-refractivity contribution in [3.8, 4) is 0 Å². The van der Waals surface area contributed by atoms with Crippen molar-refractivity contribution < 1.29 is 8.42 Å². The molecule has 1 aliphatic rings. The van der Waals surface area contributed by atoms with Crippen LogP contribution in [0.3, 0.4) is 0 Å². The van der Waals surface area contributed by atoms with Crippen LogP contribution in [0.15, 0.2) is 0 Å². The molecule has 0 aromatic carbocycles. The van der Waals surface area contributed by atoms with Crippen molar-refractivity contribution in [2.45, 2.75) is 38.1 Å². The second-order valence-corrected chi connectivity index (χ2v) is 6.85. The summed E-state index contributed by atoms with van der Waals surface area (Å²) < 4.78 is 27.1. The highest BCUT2D eigenvalue weighted by Gasteiger charge is 2.31. The van der Waals surface area contributed by atoms with Crippen molar-refractivity contribution in [3.63, 3.8) is 0 Å². The number of halogens is 1. The fraction of sp³-hybridized carbons (Fsp3) is 1.00. The van der Waals surface area contributed by atoms with Gasteiger partial charge in [0, 0.05) is 32.6 Å². The van der Waals surface area contributed by atoms with Crippen LogP contribution >= 0.6 is 11.6 Å². The zero-order chi connectivity index (χ0) is 12.2. The Morgan fingerprint density at radius 2 is 1.75 bits per heavy atom. The van der Waals surface area contributed by atoms with Crippen LogP contribution in [0.1, 0.15) is 32.1 Å². The summed E-state index contributed by atoms with van der Waals surface area (Å²) >= 11 is 5.70. The highest BCUT2D eigenvalue weighted by Crippen LogP contribution is 2.25. The summed E-state index contributed by atoms with van der Waals surface area (Å²) in [6, 6.07) is 0.139. The molecule has 1 rings (SSSR count). The van der Waals surface area contributed by atoms with Gasteiger partial charge in [-0.25, -0.2) is 0 Å². The molecule has 0 amide bonds. The Kier molecular flexibility index (Phi) is 5.50. The second kappa shape index (κ2) is 6.19. The van der Waals surface area contributed by atoms with Gasteiger partial charge in [0.15, 0.2) is 0 Å². The maximum atomic E-state index is 12.1. The van der Waals surface area contributed by atoms with Crippen molar-refractivity contribution in [1.29, 1.82) is 0 Å². The Bertz CT molecular complexity index is 300. The summed E-state index contributed by atoms with van der Waals surface area (Å²) in [5.74, 6) is 0.351. The van der Waals surface area contributed by atoms with Gasteiger partial charge in [0.2, 0.25) is 0 Å². The molecule has 96 valence electrons. The molecule has 0 atom stereocenters. The Hall–Kier alpha value is 0.160. The zero-order valence-electron chi connectivity index (χ0n) is 10.0. The quantitative estimate of drug-likeness (QED) is 0.712. The van der Waals surface area contributed by atoms with Gasteiger partial charge in [0.1, 0.15) is 0 Å². The van der Waals surface area contributed by atoms with Crippen LogP contribution in [-0.2, 0) is 10.2 Å². The minimum atomic E-state index is -3.32. The number of rotatable bonds is 5. The highest BCUT2D eigenvalue weighted by molar-refractivity contribution is 7.86. The van der Waals surface area contributed by atoms with Crippen LogP contribution in [0.4, 0.5) is 0 Å². The molecule has 1 fully saturated rings. The first-order chi connectivity index (χ1) is 7.50. The van der Waals surface area contributed by atoms with E-state index in [1.165, 1.54) is 10.7 Å². The molecule has 16 heavy (non-hydrogen) atoms. The van der Waals surface area contributed by atoms with Crippen molar-refractivity contribution in [2.24, 2.45) is 0 Å². The van der Waals surface area contributed by atoms with E-state index in [1.807, 2.05) is 0 Å². The molecule has 0 heterocycles. The van der Waals surface area contributed by atoms with Gasteiger partial charge in [-0.3, -0.25) is 0 Å². The summed E-state index contributed by atoms with van der Waals surface area (Å²) in [6.07, 6.45) is 5.37. The summed E-state index contributed by atoms with van der Waals surface area (Å²) in [6.45, 7) is 0.409. The first kappa shape index (κ1) is 14.2. The minimum Gasteiger partial charge on any atom is -0.195 e. The fourth-order valence-electron chi connectivity index (χ4n) is 2.15. The van der Waals surface area contributed by atoms with E-state index in [2.05, 4.69) is 0 Å². The largest absolute Gasteiger partial charge is 0.281 e. The van der Waals surface area contributed by atoms with E-state index in [9.17, 15) is 8.42 Å². The van der Waals surface area contributed by atoms with Crippen molar-refractivity contribution in [1.82, 2.24) is 8.61 Å². The SMILES string of the molecule is CN(C)S(=O)(=O)N(CCCl)C1CCCCC1. The summed E-state index contributed by atoms with van der Waals surface area (Å²) in [5.41, 5.74) is 0. The Balaban J connectivity index is 2.80. The maximum absolute atomic E-state index is 12.1. The molecule has 1 aliphatic carbocycles. The van der Waals surface area contributed by atoms with E-state index in [1.54, 1.807) is 18.4 Å². The van der Waals surface area contributed by atoms with E-state index in [-0.39, 0.29) is 6.04 Å². The van der Waals surface area contributed by atoms with Crippen LogP contribution in [-0.4, -0.2) is 49.6 Å². The highest BCUT2D eigenvalue weighted by atomic mass is 35.5. The van der Waals surface area contributed by atoms with E-state index < -0.39 is 10.2 Å². The molecule has 0 spiro atoms. The molecule has 0 unspecified atom stereocenters. The molecule has 0 aromatic heterocycles. The van der Waals surface area contributed by atoms with E-state index in [0.29, 0.717) is 12.4 Å². The van der Waals surface area contributed by atoms with Crippen LogP contribution in [0.5, 0.6) is 0 Å². The monoisotopic (exact) mass is 268 g/mol. The number of alkyl halides is 1. The van der Waals surface area contributed by atoms with Crippen LogP contribution in [0.25, 0.3) is 0 Å². The van der Waals surface area contributed by atoms with E-state index in [0.717, 1.165) is 25.7 Å². The van der Waals surface area contributed by atoms with Gasteiger partial charge in [-0.15, -0.1) is 11.6 Å². The standard InChI is InChI=1S/C10H21ClN2O2S/c1-12(2)16(14,15)13(9-8-11)10-6-4-3-5-7-10/h10H,3-9H2,1-2H3. The van der Waals surface area contributed by atoms with Gasteiger partial charge < -0.3 is 0 Å². The summed E-state index contributed by atoms with van der Waals surface area (Å²) in [7, 11) is -0.181. The average Bonchev–Trinajstić information content (AvgIpc) is 2.26. The number of hydrogen-bond acceptors (Lipinski definition) is 2. The molecule has 0 aromatic rings. The first-order valence-electron chi connectivity index (χ1n) is 5.75. The molecule has 0 saturated heterocycles. The molecule has 0 aliphatic heterocycles. The molecular formula is C10H21ClN2O2S. The van der Waals surface area contributed by atoms with Crippen LogP contribution in [0.2, 0.25) is 0 Å². The van der Waals surface area contributed by atoms with E-state index >= 15 is 0 Å². The minimum absolute atomic E-state index is 0.139. The topological polar surface area (TPSA) is 40.6 Å². The molecule has 0 radical (unpaired) electrons. The lowest BCUT2D eigenvalue weighted by Gasteiger charge is -2.34. The maximum Gasteiger partial charge on any atom is 0.281 e.